The SMILES string of the molecule is COc1ccc(C)cc1S(=O)(=O)N1CCN(C(C)C)C(=O)C1. The lowest BCUT2D eigenvalue weighted by Crippen LogP contribution is -2.54. The van der Waals surface area contributed by atoms with E-state index in [4.69, 9.17) is 4.74 Å². The maximum absolute atomic E-state index is 12.8. The Kier molecular flexibility index (Phi) is 4.77. The minimum absolute atomic E-state index is 0.0749. The quantitative estimate of drug-likeness (QED) is 0.835. The van der Waals surface area contributed by atoms with Crippen LogP contribution in [0, 0.1) is 6.92 Å². The fourth-order valence-electron chi connectivity index (χ4n) is 2.54. The molecule has 0 spiro atoms. The monoisotopic (exact) mass is 326 g/mol. The Labute approximate surface area is 131 Å². The summed E-state index contributed by atoms with van der Waals surface area (Å²) in [4.78, 5) is 13.9. The lowest BCUT2D eigenvalue weighted by atomic mass is 10.2. The van der Waals surface area contributed by atoms with Gasteiger partial charge in [0, 0.05) is 19.1 Å². The molecular formula is C15H22N2O4S. The summed E-state index contributed by atoms with van der Waals surface area (Å²) < 4.78 is 32.0. The highest BCUT2D eigenvalue weighted by atomic mass is 32.2. The van der Waals surface area contributed by atoms with Crippen molar-refractivity contribution in [2.24, 2.45) is 0 Å². The Bertz CT molecular complexity index is 670. The first-order valence-corrected chi connectivity index (χ1v) is 8.65. The zero-order valence-corrected chi connectivity index (χ0v) is 14.2. The zero-order chi connectivity index (χ0) is 16.5. The summed E-state index contributed by atoms with van der Waals surface area (Å²) in [6.45, 7) is 6.24. The highest BCUT2D eigenvalue weighted by Gasteiger charge is 2.35. The van der Waals surface area contributed by atoms with Crippen LogP contribution in [0.4, 0.5) is 0 Å². The summed E-state index contributed by atoms with van der Waals surface area (Å²) in [5.74, 6) is 0.126. The summed E-state index contributed by atoms with van der Waals surface area (Å²) in [5, 5.41) is 0. The first-order valence-electron chi connectivity index (χ1n) is 7.21. The number of nitrogens with zero attached hydrogens (tertiary/aromatic N) is 2. The molecule has 0 aliphatic carbocycles. The van der Waals surface area contributed by atoms with Crippen molar-refractivity contribution in [2.45, 2.75) is 31.7 Å². The molecule has 0 saturated carbocycles. The number of methoxy groups -OCH3 is 1. The van der Waals surface area contributed by atoms with Gasteiger partial charge >= 0.3 is 0 Å². The van der Waals surface area contributed by atoms with Crippen molar-refractivity contribution >= 4 is 15.9 Å². The van der Waals surface area contributed by atoms with Crippen molar-refractivity contribution in [1.29, 1.82) is 0 Å². The van der Waals surface area contributed by atoms with Gasteiger partial charge < -0.3 is 9.64 Å². The van der Waals surface area contributed by atoms with Crippen LogP contribution in [0.1, 0.15) is 19.4 Å². The van der Waals surface area contributed by atoms with Gasteiger partial charge in [-0.3, -0.25) is 4.79 Å². The van der Waals surface area contributed by atoms with Gasteiger partial charge in [-0.25, -0.2) is 8.42 Å². The molecule has 1 heterocycles. The van der Waals surface area contributed by atoms with Crippen LogP contribution in [0.5, 0.6) is 5.75 Å². The number of ether oxygens (including phenoxy) is 1. The second kappa shape index (κ2) is 6.26. The average Bonchev–Trinajstić information content (AvgIpc) is 2.46. The predicted molar refractivity (Wildman–Crippen MR) is 83.3 cm³/mol. The molecule has 0 unspecified atom stereocenters. The van der Waals surface area contributed by atoms with Crippen molar-refractivity contribution in [3.63, 3.8) is 0 Å². The van der Waals surface area contributed by atoms with Gasteiger partial charge in [-0.05, 0) is 38.5 Å². The number of piperazine rings is 1. The van der Waals surface area contributed by atoms with Crippen LogP contribution >= 0.6 is 0 Å². The number of carbonyl (C=O) groups is 1. The lowest BCUT2D eigenvalue weighted by molar-refractivity contribution is -0.135. The third-order valence-corrected chi connectivity index (χ3v) is 5.65. The van der Waals surface area contributed by atoms with E-state index in [0.29, 0.717) is 18.8 Å². The van der Waals surface area contributed by atoms with E-state index in [1.165, 1.54) is 11.4 Å². The zero-order valence-electron chi connectivity index (χ0n) is 13.4. The highest BCUT2D eigenvalue weighted by molar-refractivity contribution is 7.89. The first-order chi connectivity index (χ1) is 10.3. The summed E-state index contributed by atoms with van der Waals surface area (Å²) in [6, 6.07) is 5.08. The minimum Gasteiger partial charge on any atom is -0.495 e. The molecule has 0 atom stereocenters. The molecule has 1 aromatic carbocycles. The van der Waals surface area contributed by atoms with E-state index >= 15 is 0 Å². The molecule has 2 rings (SSSR count). The average molecular weight is 326 g/mol. The maximum Gasteiger partial charge on any atom is 0.247 e. The largest absolute Gasteiger partial charge is 0.495 e. The van der Waals surface area contributed by atoms with Crippen molar-refractivity contribution in [3.05, 3.63) is 23.8 Å². The van der Waals surface area contributed by atoms with Gasteiger partial charge in [-0.2, -0.15) is 4.31 Å². The Balaban J connectivity index is 2.33. The van der Waals surface area contributed by atoms with E-state index in [-0.39, 0.29) is 23.4 Å². The molecule has 122 valence electrons. The second-order valence-corrected chi connectivity index (χ2v) is 7.58. The predicted octanol–water partition coefficient (Wildman–Crippen LogP) is 1.24. The molecular weight excluding hydrogens is 304 g/mol. The van der Waals surface area contributed by atoms with Crippen LogP contribution in [-0.4, -0.2) is 56.3 Å². The van der Waals surface area contributed by atoms with E-state index in [1.807, 2.05) is 20.8 Å². The van der Waals surface area contributed by atoms with Crippen LogP contribution in [-0.2, 0) is 14.8 Å². The normalized spacial score (nSPS) is 17.1. The molecule has 1 aliphatic rings. The van der Waals surface area contributed by atoms with Crippen molar-refractivity contribution in [1.82, 2.24) is 9.21 Å². The minimum atomic E-state index is -3.75. The highest BCUT2D eigenvalue weighted by Crippen LogP contribution is 2.28. The van der Waals surface area contributed by atoms with E-state index < -0.39 is 10.0 Å². The number of hydrogen-bond acceptors (Lipinski definition) is 4. The van der Waals surface area contributed by atoms with Crippen molar-refractivity contribution < 1.29 is 17.9 Å². The fourth-order valence-corrected chi connectivity index (χ4v) is 4.16. The van der Waals surface area contributed by atoms with Gasteiger partial charge in [0.15, 0.2) is 0 Å². The molecule has 0 aromatic heterocycles. The van der Waals surface area contributed by atoms with Crippen LogP contribution < -0.4 is 4.74 Å². The Hall–Kier alpha value is -1.60. The number of rotatable bonds is 4. The molecule has 1 saturated heterocycles. The number of sulfonamides is 1. The standard InChI is InChI=1S/C15H22N2O4S/c1-11(2)17-8-7-16(10-15(17)18)22(19,20)14-9-12(3)5-6-13(14)21-4/h5-6,9,11H,7-8,10H2,1-4H3. The number of aryl methyl sites for hydroxylation is 1. The van der Waals surface area contributed by atoms with Crippen molar-refractivity contribution in [3.8, 4) is 5.75 Å². The number of hydrogen-bond donors (Lipinski definition) is 0. The Morgan fingerprint density at radius 3 is 2.45 bits per heavy atom. The van der Waals surface area contributed by atoms with E-state index in [2.05, 4.69) is 0 Å². The van der Waals surface area contributed by atoms with E-state index in [1.54, 1.807) is 23.1 Å². The van der Waals surface area contributed by atoms with Gasteiger partial charge in [-0.1, -0.05) is 6.07 Å². The molecule has 0 N–H and O–H groups in total. The van der Waals surface area contributed by atoms with Gasteiger partial charge in [0.25, 0.3) is 0 Å². The van der Waals surface area contributed by atoms with Crippen LogP contribution in [0.15, 0.2) is 23.1 Å². The second-order valence-electron chi connectivity index (χ2n) is 5.67. The summed E-state index contributed by atoms with van der Waals surface area (Å²) in [7, 11) is -2.31. The maximum atomic E-state index is 12.8. The fraction of sp³-hybridized carbons (Fsp3) is 0.533. The molecule has 0 radical (unpaired) electrons. The molecule has 1 amide bonds. The van der Waals surface area contributed by atoms with Gasteiger partial charge in [0.05, 0.1) is 13.7 Å². The van der Waals surface area contributed by atoms with Crippen LogP contribution in [0.3, 0.4) is 0 Å². The molecule has 7 heteroatoms. The number of carbonyl (C=O) groups excluding carboxylic acids is 1. The summed E-state index contributed by atoms with van der Waals surface area (Å²) in [5.41, 5.74) is 0.825. The van der Waals surface area contributed by atoms with Gasteiger partial charge in [0.1, 0.15) is 10.6 Å². The van der Waals surface area contributed by atoms with Crippen LogP contribution in [0.2, 0.25) is 0 Å². The first kappa shape index (κ1) is 16.8. The van der Waals surface area contributed by atoms with Crippen molar-refractivity contribution in [2.75, 3.05) is 26.7 Å². The molecule has 1 aromatic rings. The Morgan fingerprint density at radius 2 is 1.91 bits per heavy atom. The molecule has 1 aliphatic heterocycles. The summed E-state index contributed by atoms with van der Waals surface area (Å²) in [6.07, 6.45) is 0. The molecule has 1 fully saturated rings. The smallest absolute Gasteiger partial charge is 0.247 e. The van der Waals surface area contributed by atoms with E-state index in [9.17, 15) is 13.2 Å². The third-order valence-electron chi connectivity index (χ3n) is 3.78. The lowest BCUT2D eigenvalue weighted by Gasteiger charge is -2.36. The molecule has 0 bridgehead atoms. The molecule has 6 nitrogen and oxygen atoms in total. The van der Waals surface area contributed by atoms with Crippen LogP contribution in [0.25, 0.3) is 0 Å². The van der Waals surface area contributed by atoms with Gasteiger partial charge in [0.2, 0.25) is 15.9 Å². The summed E-state index contributed by atoms with van der Waals surface area (Å²) >= 11 is 0. The van der Waals surface area contributed by atoms with Gasteiger partial charge in [-0.15, -0.1) is 0 Å². The number of amides is 1. The van der Waals surface area contributed by atoms with E-state index in [0.717, 1.165) is 5.56 Å². The third kappa shape index (κ3) is 3.10. The number of benzene rings is 1. The molecule has 22 heavy (non-hydrogen) atoms. The topological polar surface area (TPSA) is 66.9 Å². The Morgan fingerprint density at radius 1 is 1.23 bits per heavy atom.